The van der Waals surface area contributed by atoms with Crippen LogP contribution in [0.15, 0.2) is 47.3 Å². The lowest BCUT2D eigenvalue weighted by Crippen LogP contribution is -2.06. The summed E-state index contributed by atoms with van der Waals surface area (Å²) < 4.78 is 21.5. The van der Waals surface area contributed by atoms with Crippen molar-refractivity contribution in [3.05, 3.63) is 70.1 Å². The first-order chi connectivity index (χ1) is 14.5. The fraction of sp³-hybridized carbons (Fsp3) is 0.200. The maximum Gasteiger partial charge on any atom is 0.312 e. The molecule has 0 spiro atoms. The summed E-state index contributed by atoms with van der Waals surface area (Å²) >= 11 is 3.39. The zero-order valence-corrected chi connectivity index (χ0v) is 17.4. The molecule has 0 aliphatic heterocycles. The number of hydrogen-bond donors (Lipinski definition) is 2. The number of ether oxygens (including phenoxy) is 1. The molecule has 3 N–H and O–H groups in total. The molecule has 0 saturated carbocycles. The number of halogens is 2. The van der Waals surface area contributed by atoms with Gasteiger partial charge in [0.25, 0.3) is 0 Å². The molecule has 0 radical (unpaired) electrons. The second kappa shape index (κ2) is 8.72. The number of aliphatic hydroxyl groups excluding tert-OH is 1. The lowest BCUT2D eigenvalue weighted by Gasteiger charge is -2.09. The Hall–Kier alpha value is -3.11. The Morgan fingerprint density at radius 1 is 1.10 bits per heavy atom. The first-order valence-electron chi connectivity index (χ1n) is 9.14. The molecule has 3 heterocycles. The second-order valence-electron chi connectivity index (χ2n) is 6.60. The van der Waals surface area contributed by atoms with Crippen molar-refractivity contribution in [2.75, 3.05) is 12.3 Å². The third-order valence-electron chi connectivity index (χ3n) is 4.50. The van der Waals surface area contributed by atoms with E-state index >= 15 is 0 Å². The van der Waals surface area contributed by atoms with Crippen LogP contribution < -0.4 is 10.5 Å². The average Bonchev–Trinajstić information content (AvgIpc) is 3.05. The number of hydrogen-bond acceptors (Lipinski definition) is 7. The number of aliphatic hydroxyl groups is 1. The predicted molar refractivity (Wildman–Crippen MR) is 112 cm³/mol. The Labute approximate surface area is 179 Å². The highest BCUT2D eigenvalue weighted by Crippen LogP contribution is 2.23. The van der Waals surface area contributed by atoms with E-state index in [1.165, 1.54) is 0 Å². The summed E-state index contributed by atoms with van der Waals surface area (Å²) in [6, 6.07) is 11.5. The zero-order valence-electron chi connectivity index (χ0n) is 15.8. The van der Waals surface area contributed by atoms with Crippen molar-refractivity contribution in [1.82, 2.24) is 24.5 Å². The van der Waals surface area contributed by atoms with Crippen molar-refractivity contribution in [3.8, 4) is 5.88 Å². The zero-order chi connectivity index (χ0) is 21.1. The number of imidazole rings is 1. The van der Waals surface area contributed by atoms with Gasteiger partial charge in [-0.2, -0.15) is 14.4 Å². The molecule has 3 aromatic heterocycles. The highest BCUT2D eigenvalue weighted by molar-refractivity contribution is 9.10. The summed E-state index contributed by atoms with van der Waals surface area (Å²) in [5.41, 5.74) is 9.26. The molecule has 0 saturated heterocycles. The van der Waals surface area contributed by atoms with Crippen molar-refractivity contribution in [3.63, 3.8) is 0 Å². The fourth-order valence-electron chi connectivity index (χ4n) is 3.04. The molecule has 1 aromatic carbocycles. The van der Waals surface area contributed by atoms with E-state index in [0.29, 0.717) is 41.3 Å². The van der Waals surface area contributed by atoms with Crippen molar-refractivity contribution in [1.29, 1.82) is 0 Å². The van der Waals surface area contributed by atoms with E-state index in [9.17, 15) is 4.39 Å². The maximum atomic E-state index is 13.6. The van der Waals surface area contributed by atoms with Gasteiger partial charge in [0.2, 0.25) is 5.88 Å². The third kappa shape index (κ3) is 4.39. The third-order valence-corrected chi connectivity index (χ3v) is 5.11. The van der Waals surface area contributed by atoms with Gasteiger partial charge >= 0.3 is 6.08 Å². The number of aromatic nitrogens is 5. The van der Waals surface area contributed by atoms with Gasteiger partial charge in [-0.1, -0.05) is 24.3 Å². The van der Waals surface area contributed by atoms with E-state index in [-0.39, 0.29) is 12.4 Å². The molecule has 0 unspecified atom stereocenters. The van der Waals surface area contributed by atoms with E-state index in [0.717, 1.165) is 16.7 Å². The maximum absolute atomic E-state index is 13.6. The number of benzene rings is 1. The summed E-state index contributed by atoms with van der Waals surface area (Å²) in [5, 5.41) is 9.05. The number of nitrogens with two attached hydrogens (primary N) is 1. The first kappa shape index (κ1) is 20.2. The molecule has 0 fully saturated rings. The fourth-order valence-corrected chi connectivity index (χ4v) is 3.51. The standard InChI is InChI=1S/C20H18BrFN6O2/c21-19-25-16-17(23)26-20(22)27-18(16)28(19)10-13-3-1-2-12(8-13)6-7-30-15-5-4-14(11-29)9-24-15/h1-5,8-9,29H,6-7,10-11H2,(H2,23,26,27). The SMILES string of the molecule is Nc1nc(F)nc2c1nc(Br)n2Cc1cccc(CCOc2ccc(CO)cn2)c1. The summed E-state index contributed by atoms with van der Waals surface area (Å²) in [5.74, 6) is 0.514. The van der Waals surface area contributed by atoms with Gasteiger partial charge in [-0.15, -0.1) is 0 Å². The van der Waals surface area contributed by atoms with Gasteiger partial charge < -0.3 is 15.6 Å². The van der Waals surface area contributed by atoms with E-state index in [1.54, 1.807) is 22.9 Å². The molecular formula is C20H18BrFN6O2. The minimum atomic E-state index is -0.889. The van der Waals surface area contributed by atoms with Crippen molar-refractivity contribution in [2.45, 2.75) is 19.6 Å². The molecule has 0 bridgehead atoms. The van der Waals surface area contributed by atoms with E-state index < -0.39 is 6.08 Å². The molecule has 30 heavy (non-hydrogen) atoms. The van der Waals surface area contributed by atoms with Crippen LogP contribution in [0.2, 0.25) is 0 Å². The minimum Gasteiger partial charge on any atom is -0.477 e. The Morgan fingerprint density at radius 3 is 2.70 bits per heavy atom. The quantitative estimate of drug-likeness (QED) is 0.314. The van der Waals surface area contributed by atoms with Gasteiger partial charge in [-0.05, 0) is 38.7 Å². The van der Waals surface area contributed by atoms with Crippen molar-refractivity contribution >= 4 is 32.9 Å². The van der Waals surface area contributed by atoms with E-state index in [4.69, 9.17) is 15.6 Å². The number of nitrogen functional groups attached to an aromatic ring is 1. The monoisotopic (exact) mass is 472 g/mol. The topological polar surface area (TPSA) is 112 Å². The van der Waals surface area contributed by atoms with Crippen LogP contribution in [0, 0.1) is 6.08 Å². The first-order valence-corrected chi connectivity index (χ1v) is 9.94. The van der Waals surface area contributed by atoms with Gasteiger partial charge in [0.1, 0.15) is 0 Å². The highest BCUT2D eigenvalue weighted by Gasteiger charge is 2.15. The molecule has 4 rings (SSSR count). The number of fused-ring (bicyclic) bond motifs is 1. The number of anilines is 1. The lowest BCUT2D eigenvalue weighted by atomic mass is 10.1. The van der Waals surface area contributed by atoms with Crippen LogP contribution in [0.5, 0.6) is 5.88 Å². The molecule has 4 aromatic rings. The minimum absolute atomic E-state index is 0.00322. The lowest BCUT2D eigenvalue weighted by molar-refractivity contribution is 0.279. The normalized spacial score (nSPS) is 11.2. The molecule has 0 aliphatic rings. The van der Waals surface area contributed by atoms with Crippen LogP contribution in [0.4, 0.5) is 10.2 Å². The number of pyridine rings is 1. The van der Waals surface area contributed by atoms with Crippen LogP contribution in [0.25, 0.3) is 11.2 Å². The molecular weight excluding hydrogens is 455 g/mol. The van der Waals surface area contributed by atoms with Crippen molar-refractivity contribution in [2.24, 2.45) is 0 Å². The average molecular weight is 473 g/mol. The number of nitrogens with zero attached hydrogens (tertiary/aromatic N) is 5. The smallest absolute Gasteiger partial charge is 0.312 e. The molecule has 8 nitrogen and oxygen atoms in total. The molecule has 0 amide bonds. The second-order valence-corrected chi connectivity index (χ2v) is 7.31. The molecule has 0 atom stereocenters. The number of rotatable bonds is 7. The van der Waals surface area contributed by atoms with Gasteiger partial charge in [0.15, 0.2) is 21.7 Å². The van der Waals surface area contributed by atoms with Crippen LogP contribution in [-0.2, 0) is 19.6 Å². The highest BCUT2D eigenvalue weighted by atomic mass is 79.9. The Balaban J connectivity index is 1.46. The molecule has 154 valence electrons. The van der Waals surface area contributed by atoms with E-state index in [1.807, 2.05) is 24.3 Å². The van der Waals surface area contributed by atoms with Gasteiger partial charge in [-0.3, -0.25) is 4.57 Å². The summed E-state index contributed by atoms with van der Waals surface area (Å²) in [4.78, 5) is 15.8. The van der Waals surface area contributed by atoms with Crippen molar-refractivity contribution < 1.29 is 14.2 Å². The summed E-state index contributed by atoms with van der Waals surface area (Å²) in [7, 11) is 0. The Kier molecular flexibility index (Phi) is 5.86. The van der Waals surface area contributed by atoms with Gasteiger partial charge in [0.05, 0.1) is 19.8 Å². The van der Waals surface area contributed by atoms with Crippen LogP contribution in [0.1, 0.15) is 16.7 Å². The van der Waals surface area contributed by atoms with E-state index in [2.05, 4.69) is 35.9 Å². The van der Waals surface area contributed by atoms with Crippen LogP contribution >= 0.6 is 15.9 Å². The van der Waals surface area contributed by atoms with Gasteiger partial charge in [-0.25, -0.2) is 9.97 Å². The molecule has 0 aliphatic carbocycles. The summed E-state index contributed by atoms with van der Waals surface area (Å²) in [6.07, 6.45) is 1.38. The van der Waals surface area contributed by atoms with Gasteiger partial charge in [0, 0.05) is 18.7 Å². The molecule has 10 heteroatoms. The summed E-state index contributed by atoms with van der Waals surface area (Å²) in [6.45, 7) is 0.848. The Morgan fingerprint density at radius 2 is 1.93 bits per heavy atom. The van der Waals surface area contributed by atoms with Crippen LogP contribution in [0.3, 0.4) is 0 Å². The van der Waals surface area contributed by atoms with Crippen LogP contribution in [-0.4, -0.2) is 36.2 Å². The Bertz CT molecular complexity index is 1180. The largest absolute Gasteiger partial charge is 0.477 e. The predicted octanol–water partition coefficient (Wildman–Crippen LogP) is 2.87.